The van der Waals surface area contributed by atoms with E-state index >= 15 is 0 Å². The Labute approximate surface area is 153 Å². The van der Waals surface area contributed by atoms with E-state index in [1.54, 1.807) is 0 Å². The molecule has 22 heavy (non-hydrogen) atoms. The summed E-state index contributed by atoms with van der Waals surface area (Å²) in [5.41, 5.74) is 5.53. The third-order valence-corrected chi connectivity index (χ3v) is 6.01. The molecule has 0 amide bonds. The number of hydrogen-bond donors (Lipinski definition) is 1. The molecule has 2 aliphatic rings. The molecule has 1 aliphatic heterocycles. The van der Waals surface area contributed by atoms with Gasteiger partial charge in [-0.15, -0.1) is 0 Å². The predicted molar refractivity (Wildman–Crippen MR) is 104 cm³/mol. The van der Waals surface area contributed by atoms with Crippen LogP contribution in [0.5, 0.6) is 0 Å². The first-order valence-corrected chi connectivity index (χ1v) is 9.49. The van der Waals surface area contributed by atoms with E-state index in [9.17, 15) is 0 Å². The van der Waals surface area contributed by atoms with Crippen LogP contribution in [-0.4, -0.2) is 0 Å². The molecule has 0 bridgehead atoms. The van der Waals surface area contributed by atoms with Gasteiger partial charge in [0.05, 0.1) is 6.04 Å². The summed E-state index contributed by atoms with van der Waals surface area (Å²) in [7, 11) is 0. The van der Waals surface area contributed by atoms with Gasteiger partial charge in [0, 0.05) is 19.6 Å². The quantitative estimate of drug-likeness (QED) is 0.391. The van der Waals surface area contributed by atoms with Gasteiger partial charge in [-0.2, -0.15) is 0 Å². The first-order chi connectivity index (χ1) is 10.6. The Balaban J connectivity index is 1.82. The Morgan fingerprint density at radius 2 is 1.95 bits per heavy atom. The number of hydrogen-bond acceptors (Lipinski definition) is 1. The van der Waals surface area contributed by atoms with Crippen LogP contribution in [0, 0.1) is 16.4 Å². The molecule has 112 valence electrons. The lowest BCUT2D eigenvalue weighted by atomic mass is 9.76. The fourth-order valence-corrected chi connectivity index (χ4v) is 4.91. The summed E-state index contributed by atoms with van der Waals surface area (Å²) in [4.78, 5) is 0. The second kappa shape index (κ2) is 5.68. The highest BCUT2D eigenvalue weighted by Crippen LogP contribution is 2.50. The van der Waals surface area contributed by atoms with Crippen molar-refractivity contribution in [1.82, 2.24) is 0 Å². The largest absolute Gasteiger partial charge is 0.377 e. The Bertz CT molecular complexity index is 751. The summed E-state index contributed by atoms with van der Waals surface area (Å²) in [6.45, 7) is 2.21. The monoisotopic (exact) mass is 465 g/mol. The van der Waals surface area contributed by atoms with Gasteiger partial charge in [-0.05, 0) is 82.8 Å². The van der Waals surface area contributed by atoms with Gasteiger partial charge < -0.3 is 5.32 Å². The van der Waals surface area contributed by atoms with Gasteiger partial charge in [-0.3, -0.25) is 0 Å². The van der Waals surface area contributed by atoms with Crippen LogP contribution in [0.1, 0.15) is 35.1 Å². The van der Waals surface area contributed by atoms with Gasteiger partial charge in [-0.1, -0.05) is 40.2 Å². The molecular weight excluding hydrogens is 449 g/mol. The van der Waals surface area contributed by atoms with Gasteiger partial charge in [0.1, 0.15) is 0 Å². The lowest BCUT2D eigenvalue weighted by Gasteiger charge is -2.38. The number of aryl methyl sites for hydroxylation is 1. The van der Waals surface area contributed by atoms with Crippen molar-refractivity contribution in [3.63, 3.8) is 0 Å². The third-order valence-electron chi connectivity index (χ3n) is 4.86. The lowest BCUT2D eigenvalue weighted by Crippen LogP contribution is -2.29. The van der Waals surface area contributed by atoms with Crippen LogP contribution >= 0.6 is 38.5 Å². The van der Waals surface area contributed by atoms with Crippen LogP contribution in [-0.2, 0) is 0 Å². The van der Waals surface area contributed by atoms with Gasteiger partial charge in [-0.25, -0.2) is 0 Å². The van der Waals surface area contributed by atoms with Gasteiger partial charge in [0.25, 0.3) is 0 Å². The van der Waals surface area contributed by atoms with E-state index in [1.165, 1.54) is 25.9 Å². The van der Waals surface area contributed by atoms with Gasteiger partial charge >= 0.3 is 0 Å². The molecule has 1 aliphatic carbocycles. The van der Waals surface area contributed by atoms with Crippen molar-refractivity contribution in [3.05, 3.63) is 73.3 Å². The second-order valence-electron chi connectivity index (χ2n) is 6.21. The van der Waals surface area contributed by atoms with Crippen molar-refractivity contribution in [2.24, 2.45) is 5.92 Å². The van der Waals surface area contributed by atoms with Crippen LogP contribution in [0.2, 0.25) is 0 Å². The van der Waals surface area contributed by atoms with Crippen LogP contribution in [0.3, 0.4) is 0 Å². The minimum atomic E-state index is 0.388. The fraction of sp³-hybridized carbons (Fsp3) is 0.263. The molecule has 1 N–H and O–H groups in total. The van der Waals surface area contributed by atoms with Crippen molar-refractivity contribution in [2.45, 2.75) is 25.3 Å². The number of fused-ring (bicyclic) bond motifs is 3. The second-order valence-corrected chi connectivity index (χ2v) is 8.38. The molecule has 0 radical (unpaired) electrons. The SMILES string of the molecule is Cc1cc(I)cc2c1N[C@H](c1ccc(Br)cc1)[C@H]1CC=C[C@@H]21. The molecule has 0 aromatic heterocycles. The Morgan fingerprint density at radius 1 is 1.18 bits per heavy atom. The van der Waals surface area contributed by atoms with Crippen molar-refractivity contribution >= 4 is 44.2 Å². The highest BCUT2D eigenvalue weighted by molar-refractivity contribution is 14.1. The van der Waals surface area contributed by atoms with Gasteiger partial charge in [0.15, 0.2) is 0 Å². The molecule has 0 spiro atoms. The summed E-state index contributed by atoms with van der Waals surface area (Å²) < 4.78 is 2.47. The Morgan fingerprint density at radius 3 is 2.73 bits per heavy atom. The van der Waals surface area contributed by atoms with Crippen LogP contribution in [0.4, 0.5) is 5.69 Å². The zero-order chi connectivity index (χ0) is 15.3. The van der Waals surface area contributed by atoms with Crippen LogP contribution in [0.15, 0.2) is 53.0 Å². The maximum atomic E-state index is 3.84. The average molecular weight is 466 g/mol. The molecule has 0 fully saturated rings. The van der Waals surface area contributed by atoms with Crippen molar-refractivity contribution < 1.29 is 0 Å². The van der Waals surface area contributed by atoms with E-state index in [-0.39, 0.29) is 0 Å². The highest BCUT2D eigenvalue weighted by atomic mass is 127. The molecule has 0 saturated carbocycles. The Kier molecular flexibility index (Phi) is 3.81. The minimum absolute atomic E-state index is 0.388. The van der Waals surface area contributed by atoms with E-state index in [0.29, 0.717) is 17.9 Å². The average Bonchev–Trinajstić information content (AvgIpc) is 2.97. The van der Waals surface area contributed by atoms with E-state index in [1.807, 2.05) is 0 Å². The zero-order valence-electron chi connectivity index (χ0n) is 12.3. The number of rotatable bonds is 1. The maximum Gasteiger partial charge on any atom is 0.0554 e. The standard InChI is InChI=1S/C19H17BrIN/c1-11-9-14(21)10-17-15-3-2-4-16(15)19(22-18(11)17)12-5-7-13(20)8-6-12/h2-3,5-10,15-16,19,22H,4H2,1H3/t15-,16+,19-/m1/s1. The van der Waals surface area contributed by atoms with E-state index in [2.05, 4.69) is 99.3 Å². The highest BCUT2D eigenvalue weighted by Gasteiger charge is 2.38. The van der Waals surface area contributed by atoms with Gasteiger partial charge in [0.2, 0.25) is 0 Å². The smallest absolute Gasteiger partial charge is 0.0554 e. The molecule has 2 aromatic rings. The fourth-order valence-electron chi connectivity index (χ4n) is 3.84. The topological polar surface area (TPSA) is 12.0 Å². The van der Waals surface area contributed by atoms with Crippen molar-refractivity contribution in [1.29, 1.82) is 0 Å². The predicted octanol–water partition coefficient (Wildman–Crippen LogP) is 6.19. The van der Waals surface area contributed by atoms with Crippen LogP contribution in [0.25, 0.3) is 0 Å². The molecule has 3 atom stereocenters. The molecular formula is C19H17BrIN. The summed E-state index contributed by atoms with van der Waals surface area (Å²) in [5, 5.41) is 3.84. The molecule has 1 heterocycles. The summed E-state index contributed by atoms with van der Waals surface area (Å²) in [6, 6.07) is 13.8. The normalized spacial score (nSPS) is 25.5. The van der Waals surface area contributed by atoms with E-state index in [0.717, 1.165) is 10.9 Å². The molecule has 1 nitrogen and oxygen atoms in total. The molecule has 3 heteroatoms. The Hall–Kier alpha value is -0.810. The molecule has 4 rings (SSSR count). The zero-order valence-corrected chi connectivity index (χ0v) is 16.1. The van der Waals surface area contributed by atoms with Crippen molar-refractivity contribution in [2.75, 3.05) is 5.32 Å². The first kappa shape index (κ1) is 14.8. The van der Waals surface area contributed by atoms with E-state index < -0.39 is 0 Å². The number of allylic oxidation sites excluding steroid dienone is 2. The first-order valence-electron chi connectivity index (χ1n) is 7.62. The number of anilines is 1. The van der Waals surface area contributed by atoms with Crippen molar-refractivity contribution in [3.8, 4) is 0 Å². The maximum absolute atomic E-state index is 3.84. The molecule has 0 unspecified atom stereocenters. The number of halogens is 2. The third kappa shape index (κ3) is 2.42. The molecule has 2 aromatic carbocycles. The number of benzene rings is 2. The van der Waals surface area contributed by atoms with Crippen LogP contribution < -0.4 is 5.32 Å². The lowest BCUT2D eigenvalue weighted by molar-refractivity contribution is 0.425. The summed E-state index contributed by atoms with van der Waals surface area (Å²) in [6.07, 6.45) is 5.92. The summed E-state index contributed by atoms with van der Waals surface area (Å²) >= 11 is 5.97. The minimum Gasteiger partial charge on any atom is -0.377 e. The molecule has 0 saturated heterocycles. The summed E-state index contributed by atoms with van der Waals surface area (Å²) in [5.74, 6) is 1.16. The van der Waals surface area contributed by atoms with E-state index in [4.69, 9.17) is 0 Å². The number of nitrogens with one attached hydrogen (secondary N) is 1.